The van der Waals surface area contributed by atoms with Crippen molar-refractivity contribution in [2.24, 2.45) is 5.41 Å². The van der Waals surface area contributed by atoms with E-state index >= 15 is 0 Å². The Morgan fingerprint density at radius 3 is 2.38 bits per heavy atom. The fourth-order valence-corrected chi connectivity index (χ4v) is 4.59. The number of rotatable bonds is 5. The van der Waals surface area contributed by atoms with Crippen molar-refractivity contribution in [2.45, 2.75) is 20.8 Å². The molecule has 3 heterocycles. The molecule has 1 aromatic heterocycles. The van der Waals surface area contributed by atoms with Crippen LogP contribution in [0.4, 0.5) is 27.1 Å². The first-order valence-corrected chi connectivity index (χ1v) is 12.7. The van der Waals surface area contributed by atoms with Gasteiger partial charge in [0.25, 0.3) is 0 Å². The van der Waals surface area contributed by atoms with E-state index in [1.807, 2.05) is 63.2 Å². The average molecular weight is 500 g/mol. The van der Waals surface area contributed by atoms with Gasteiger partial charge in [-0.1, -0.05) is 26.0 Å². The summed E-state index contributed by atoms with van der Waals surface area (Å²) in [7, 11) is 0. The fraction of sp³-hybridized carbons (Fsp3) is 0.267. The minimum absolute atomic E-state index is 0.257. The number of pyridine rings is 1. The van der Waals surface area contributed by atoms with Crippen LogP contribution in [-0.4, -0.2) is 37.6 Å². The SMILES string of the molecule is CC.Cc1cccc(Nc2ccnc3ccc(F)cc23)c1.O=CNc1ccc(N2CC3(CNC3)C2)cc1. The molecule has 0 radical (unpaired) electrons. The molecule has 6 nitrogen and oxygen atoms in total. The predicted octanol–water partition coefficient (Wildman–Crippen LogP) is 6.12. The van der Waals surface area contributed by atoms with Crippen LogP contribution in [0.2, 0.25) is 0 Å². The van der Waals surface area contributed by atoms with Crippen LogP contribution >= 0.6 is 0 Å². The largest absolute Gasteiger partial charge is 0.370 e. The van der Waals surface area contributed by atoms with Gasteiger partial charge in [0.2, 0.25) is 6.41 Å². The third-order valence-corrected chi connectivity index (χ3v) is 6.51. The van der Waals surface area contributed by atoms with Crippen LogP contribution in [0.5, 0.6) is 0 Å². The summed E-state index contributed by atoms with van der Waals surface area (Å²) in [6, 6.07) is 22.5. The van der Waals surface area contributed by atoms with Crippen LogP contribution in [-0.2, 0) is 4.79 Å². The highest BCUT2D eigenvalue weighted by Crippen LogP contribution is 2.37. The molecule has 3 aromatic carbocycles. The lowest BCUT2D eigenvalue weighted by molar-refractivity contribution is -0.105. The van der Waals surface area contributed by atoms with Crippen LogP contribution in [0.15, 0.2) is 79.0 Å². The lowest BCUT2D eigenvalue weighted by Crippen LogP contribution is -2.71. The number of hydrogen-bond donors (Lipinski definition) is 3. The van der Waals surface area contributed by atoms with Gasteiger partial charge in [-0.05, 0) is 73.2 Å². The quantitative estimate of drug-likeness (QED) is 0.289. The van der Waals surface area contributed by atoms with Crippen molar-refractivity contribution in [2.75, 3.05) is 41.7 Å². The number of anilines is 4. The molecule has 0 unspecified atom stereocenters. The van der Waals surface area contributed by atoms with Crippen LogP contribution in [0.3, 0.4) is 0 Å². The molecule has 37 heavy (non-hydrogen) atoms. The van der Waals surface area contributed by atoms with Crippen LogP contribution in [0.25, 0.3) is 10.9 Å². The number of benzene rings is 3. The first kappa shape index (κ1) is 26.1. The van der Waals surface area contributed by atoms with Crippen LogP contribution in [0, 0.1) is 18.2 Å². The molecule has 2 aliphatic heterocycles. The number of nitrogens with zero attached hydrogens (tertiary/aromatic N) is 2. The van der Waals surface area contributed by atoms with Gasteiger partial charge in [-0.15, -0.1) is 0 Å². The Hall–Kier alpha value is -3.97. The van der Waals surface area contributed by atoms with Gasteiger partial charge in [0.05, 0.1) is 5.52 Å². The molecule has 2 saturated heterocycles. The molecule has 0 aliphatic carbocycles. The number of fused-ring (bicyclic) bond motifs is 1. The topological polar surface area (TPSA) is 69.3 Å². The zero-order chi connectivity index (χ0) is 26.3. The molecule has 0 saturated carbocycles. The van der Waals surface area contributed by atoms with Crippen LogP contribution < -0.4 is 20.9 Å². The van der Waals surface area contributed by atoms with E-state index in [1.54, 1.807) is 12.3 Å². The van der Waals surface area contributed by atoms with Gasteiger partial charge >= 0.3 is 0 Å². The van der Waals surface area contributed by atoms with Gasteiger partial charge in [0.15, 0.2) is 0 Å². The average Bonchev–Trinajstić information content (AvgIpc) is 2.86. The molecule has 7 heteroatoms. The minimum Gasteiger partial charge on any atom is -0.370 e. The van der Waals surface area contributed by atoms with Crippen molar-refractivity contribution < 1.29 is 9.18 Å². The maximum atomic E-state index is 13.4. The summed E-state index contributed by atoms with van der Waals surface area (Å²) < 4.78 is 13.4. The molecule has 0 atom stereocenters. The number of halogens is 1. The van der Waals surface area contributed by atoms with Gasteiger partial charge in [0.1, 0.15) is 5.82 Å². The number of hydrogen-bond acceptors (Lipinski definition) is 5. The van der Waals surface area contributed by atoms with Crippen molar-refractivity contribution in [3.63, 3.8) is 0 Å². The van der Waals surface area contributed by atoms with E-state index in [0.717, 1.165) is 54.1 Å². The summed E-state index contributed by atoms with van der Waals surface area (Å²) in [5, 5.41) is 10.1. The summed E-state index contributed by atoms with van der Waals surface area (Å²) >= 11 is 0. The molecule has 192 valence electrons. The molecule has 2 fully saturated rings. The van der Waals surface area contributed by atoms with E-state index in [-0.39, 0.29) is 5.82 Å². The second-order valence-corrected chi connectivity index (χ2v) is 9.28. The van der Waals surface area contributed by atoms with Gasteiger partial charge in [-0.2, -0.15) is 0 Å². The van der Waals surface area contributed by atoms with Gasteiger partial charge in [-0.3, -0.25) is 9.78 Å². The summed E-state index contributed by atoms with van der Waals surface area (Å²) in [5.74, 6) is -0.257. The highest BCUT2D eigenvalue weighted by Gasteiger charge is 2.47. The highest BCUT2D eigenvalue weighted by molar-refractivity contribution is 5.92. The Labute approximate surface area is 217 Å². The smallest absolute Gasteiger partial charge is 0.211 e. The van der Waals surface area contributed by atoms with Crippen molar-refractivity contribution in [1.82, 2.24) is 10.3 Å². The summed E-state index contributed by atoms with van der Waals surface area (Å²) in [4.78, 5) is 16.9. The Balaban J connectivity index is 0.000000164. The van der Waals surface area contributed by atoms with Gasteiger partial charge in [0, 0.05) is 65.9 Å². The molecule has 6 rings (SSSR count). The molecule has 1 spiro atoms. The first-order chi connectivity index (χ1) is 18.0. The second-order valence-electron chi connectivity index (χ2n) is 9.28. The maximum Gasteiger partial charge on any atom is 0.211 e. The molecule has 4 aromatic rings. The van der Waals surface area contributed by atoms with Crippen molar-refractivity contribution in [1.29, 1.82) is 0 Å². The zero-order valence-corrected chi connectivity index (χ0v) is 21.6. The standard InChI is InChI=1S/C16H13FN2.C12H15N3O.C2H6/c1-11-3-2-4-13(9-11)19-16-7-8-18-15-6-5-12(17)10-14(15)16;16-9-14-10-1-3-11(4-2-10)15-7-12(8-15)5-13-6-12;1-2/h2-10H,1H3,(H,18,19);1-4,9,13H,5-8H2,(H,14,16);1-2H3. The van der Waals surface area contributed by atoms with Gasteiger partial charge in [-0.25, -0.2) is 4.39 Å². The Morgan fingerprint density at radius 2 is 1.73 bits per heavy atom. The number of nitrogens with one attached hydrogen (secondary N) is 3. The second kappa shape index (κ2) is 11.8. The van der Waals surface area contributed by atoms with E-state index < -0.39 is 0 Å². The number of aromatic nitrogens is 1. The third kappa shape index (κ3) is 6.24. The zero-order valence-electron chi connectivity index (χ0n) is 21.6. The highest BCUT2D eigenvalue weighted by atomic mass is 19.1. The number of carbonyl (C=O) groups excluding carboxylic acids is 1. The Morgan fingerprint density at radius 1 is 0.973 bits per heavy atom. The van der Waals surface area contributed by atoms with Gasteiger partial charge < -0.3 is 20.9 Å². The predicted molar refractivity (Wildman–Crippen MR) is 151 cm³/mol. The summed E-state index contributed by atoms with van der Waals surface area (Å²) in [6.07, 6.45) is 2.42. The Kier molecular flexibility index (Phi) is 8.36. The molecule has 1 amide bonds. The lowest BCUT2D eigenvalue weighted by atomic mass is 9.74. The molecule has 0 bridgehead atoms. The molecular formula is C30H34FN5O. The van der Waals surface area contributed by atoms with E-state index in [0.29, 0.717) is 11.8 Å². The van der Waals surface area contributed by atoms with E-state index in [4.69, 9.17) is 0 Å². The fourth-order valence-electron chi connectivity index (χ4n) is 4.59. The number of amides is 1. The van der Waals surface area contributed by atoms with Crippen molar-refractivity contribution in [3.05, 3.63) is 90.4 Å². The number of carbonyl (C=O) groups is 1. The monoisotopic (exact) mass is 499 g/mol. The maximum absolute atomic E-state index is 13.4. The van der Waals surface area contributed by atoms with Crippen LogP contribution in [0.1, 0.15) is 19.4 Å². The normalized spacial score (nSPS) is 14.8. The molecule has 2 aliphatic rings. The van der Waals surface area contributed by atoms with Crippen molar-refractivity contribution in [3.8, 4) is 0 Å². The third-order valence-electron chi connectivity index (χ3n) is 6.51. The van der Waals surface area contributed by atoms with Crippen molar-refractivity contribution >= 4 is 40.1 Å². The first-order valence-electron chi connectivity index (χ1n) is 12.7. The summed E-state index contributed by atoms with van der Waals surface area (Å²) in [5.41, 5.74) is 6.44. The summed E-state index contributed by atoms with van der Waals surface area (Å²) in [6.45, 7) is 10.7. The minimum atomic E-state index is -0.257. The Bertz CT molecular complexity index is 1330. The molecular weight excluding hydrogens is 465 g/mol. The lowest BCUT2D eigenvalue weighted by Gasteiger charge is -2.57. The van der Waals surface area contributed by atoms with E-state index in [1.165, 1.54) is 23.4 Å². The van der Waals surface area contributed by atoms with E-state index in [9.17, 15) is 9.18 Å². The number of aryl methyl sites for hydroxylation is 1. The molecule has 3 N–H and O–H groups in total. The van der Waals surface area contributed by atoms with E-state index in [2.05, 4.69) is 38.0 Å².